The lowest BCUT2D eigenvalue weighted by Crippen LogP contribution is -2.45. The minimum Gasteiger partial charge on any atom is -0.367 e. The number of benzene rings is 3. The molecular formula is C30H30F4N6O2. The van der Waals surface area contributed by atoms with Crippen molar-refractivity contribution in [2.24, 2.45) is 0 Å². The van der Waals surface area contributed by atoms with Crippen LogP contribution in [0.2, 0.25) is 0 Å². The molecule has 220 valence electrons. The summed E-state index contributed by atoms with van der Waals surface area (Å²) in [4.78, 5) is 36.8. The van der Waals surface area contributed by atoms with Crippen LogP contribution in [0.1, 0.15) is 24.4 Å². The van der Waals surface area contributed by atoms with Crippen LogP contribution in [0.3, 0.4) is 0 Å². The monoisotopic (exact) mass is 582 g/mol. The zero-order valence-electron chi connectivity index (χ0n) is 23.3. The van der Waals surface area contributed by atoms with E-state index in [1.165, 1.54) is 52.9 Å². The molecule has 2 amide bonds. The lowest BCUT2D eigenvalue weighted by Gasteiger charge is -2.37. The van der Waals surface area contributed by atoms with Gasteiger partial charge in [0.1, 0.15) is 11.6 Å². The molecule has 1 aliphatic rings. The summed E-state index contributed by atoms with van der Waals surface area (Å²) in [5.41, 5.74) is -0.530. The number of alkyl halides is 3. The van der Waals surface area contributed by atoms with Crippen LogP contribution in [0.4, 0.5) is 33.7 Å². The number of aromatic nitrogens is 2. The summed E-state index contributed by atoms with van der Waals surface area (Å²) in [5.74, 6) is -0.282. The van der Waals surface area contributed by atoms with Crippen LogP contribution in [0.25, 0.3) is 16.6 Å². The molecule has 1 aromatic heterocycles. The number of rotatable bonds is 5. The van der Waals surface area contributed by atoms with Crippen molar-refractivity contribution in [1.29, 1.82) is 0 Å². The molecule has 8 nitrogen and oxygen atoms in total. The number of fused-ring (bicyclic) bond motifs is 1. The van der Waals surface area contributed by atoms with Gasteiger partial charge in [0.25, 0.3) is 5.56 Å². The molecular weight excluding hydrogens is 552 g/mol. The van der Waals surface area contributed by atoms with Gasteiger partial charge in [0.2, 0.25) is 0 Å². The summed E-state index contributed by atoms with van der Waals surface area (Å²) in [6.45, 7) is 3.53. The number of nitrogens with zero attached hydrogens (tertiary/aromatic N) is 5. The average molecular weight is 583 g/mol. The molecule has 1 saturated heterocycles. The number of para-hydroxylation sites is 2. The number of halogens is 4. The van der Waals surface area contributed by atoms with Crippen LogP contribution < -0.4 is 15.8 Å². The van der Waals surface area contributed by atoms with E-state index in [2.05, 4.69) is 10.3 Å². The van der Waals surface area contributed by atoms with Crippen molar-refractivity contribution in [1.82, 2.24) is 19.4 Å². The number of anilines is 2. The number of urea groups is 1. The second-order valence-corrected chi connectivity index (χ2v) is 10.3. The number of hydrogen-bond donors (Lipinski definition) is 1. The highest BCUT2D eigenvalue weighted by Gasteiger charge is 2.37. The summed E-state index contributed by atoms with van der Waals surface area (Å²) < 4.78 is 57.3. The van der Waals surface area contributed by atoms with E-state index in [-0.39, 0.29) is 17.2 Å². The molecule has 0 bridgehead atoms. The van der Waals surface area contributed by atoms with Gasteiger partial charge in [0.05, 0.1) is 39.6 Å². The maximum absolute atomic E-state index is 14.1. The number of carbonyl (C=O) groups is 1. The van der Waals surface area contributed by atoms with Crippen molar-refractivity contribution in [3.63, 3.8) is 0 Å². The van der Waals surface area contributed by atoms with Crippen molar-refractivity contribution in [2.75, 3.05) is 50.5 Å². The second kappa shape index (κ2) is 11.4. The summed E-state index contributed by atoms with van der Waals surface area (Å²) >= 11 is 0. The highest BCUT2D eigenvalue weighted by Crippen LogP contribution is 2.41. The molecule has 12 heteroatoms. The predicted molar refractivity (Wildman–Crippen MR) is 154 cm³/mol. The highest BCUT2D eigenvalue weighted by molar-refractivity contribution is 5.94. The summed E-state index contributed by atoms with van der Waals surface area (Å²) in [6, 6.07) is 14.3. The lowest BCUT2D eigenvalue weighted by atomic mass is 10.1. The fraction of sp³-hybridized carbons (Fsp3) is 0.300. The van der Waals surface area contributed by atoms with Gasteiger partial charge >= 0.3 is 12.2 Å². The number of carbonyl (C=O) groups excluding carboxylic acids is 1. The first-order valence-electron chi connectivity index (χ1n) is 13.4. The van der Waals surface area contributed by atoms with E-state index in [0.717, 1.165) is 6.07 Å². The van der Waals surface area contributed by atoms with Gasteiger partial charge in [-0.2, -0.15) is 13.2 Å². The average Bonchev–Trinajstić information content (AvgIpc) is 2.97. The molecule has 1 unspecified atom stereocenters. The Morgan fingerprint density at radius 1 is 0.976 bits per heavy atom. The number of amides is 2. The van der Waals surface area contributed by atoms with Gasteiger partial charge in [-0.25, -0.2) is 14.2 Å². The molecule has 0 aliphatic carbocycles. The van der Waals surface area contributed by atoms with E-state index in [9.17, 15) is 27.2 Å². The van der Waals surface area contributed by atoms with Gasteiger partial charge in [-0.1, -0.05) is 18.2 Å². The van der Waals surface area contributed by atoms with E-state index in [0.29, 0.717) is 42.8 Å². The van der Waals surface area contributed by atoms with E-state index in [4.69, 9.17) is 0 Å². The Hall–Kier alpha value is -4.45. The Balaban J connectivity index is 1.52. The number of likely N-dealkylation sites (N-methyl/N-ethyl adjacent to an activating group) is 1. The van der Waals surface area contributed by atoms with Gasteiger partial charge in [-0.15, -0.1) is 0 Å². The van der Waals surface area contributed by atoms with Crippen molar-refractivity contribution < 1.29 is 22.4 Å². The predicted octanol–water partition coefficient (Wildman–Crippen LogP) is 5.52. The molecule has 1 fully saturated rings. The molecule has 42 heavy (non-hydrogen) atoms. The van der Waals surface area contributed by atoms with Crippen molar-refractivity contribution in [3.8, 4) is 5.69 Å². The van der Waals surface area contributed by atoms with Crippen LogP contribution in [-0.2, 0) is 6.18 Å². The largest absolute Gasteiger partial charge is 0.418 e. The van der Waals surface area contributed by atoms with Crippen LogP contribution in [0.15, 0.2) is 71.5 Å². The third kappa shape index (κ3) is 5.67. The quantitative estimate of drug-likeness (QED) is 0.314. The Bertz CT molecular complexity index is 1660. The minimum absolute atomic E-state index is 0.0285. The van der Waals surface area contributed by atoms with Gasteiger partial charge in [-0.3, -0.25) is 9.36 Å². The van der Waals surface area contributed by atoms with Crippen LogP contribution in [0.5, 0.6) is 0 Å². The lowest BCUT2D eigenvalue weighted by molar-refractivity contribution is -0.137. The van der Waals surface area contributed by atoms with E-state index >= 15 is 0 Å². The van der Waals surface area contributed by atoms with Gasteiger partial charge < -0.3 is 20.0 Å². The molecule has 1 atom stereocenters. The number of nitrogens with one attached hydrogen (secondary N) is 1. The summed E-state index contributed by atoms with van der Waals surface area (Å²) in [5, 5.41) is 3.01. The topological polar surface area (TPSA) is 73.7 Å². The molecule has 5 rings (SSSR count). The third-order valence-corrected chi connectivity index (χ3v) is 7.56. The molecule has 2 heterocycles. The Morgan fingerprint density at radius 3 is 2.31 bits per heavy atom. The minimum atomic E-state index is -4.63. The molecule has 0 spiro atoms. The van der Waals surface area contributed by atoms with E-state index in [1.807, 2.05) is 11.9 Å². The third-order valence-electron chi connectivity index (χ3n) is 7.56. The molecule has 4 aromatic rings. The van der Waals surface area contributed by atoms with Crippen molar-refractivity contribution >= 4 is 28.3 Å². The molecule has 0 saturated carbocycles. The van der Waals surface area contributed by atoms with Crippen molar-refractivity contribution in [2.45, 2.75) is 19.1 Å². The number of hydrogen-bond acceptors (Lipinski definition) is 5. The van der Waals surface area contributed by atoms with Crippen LogP contribution >= 0.6 is 0 Å². The van der Waals surface area contributed by atoms with Crippen molar-refractivity contribution in [3.05, 3.63) is 94.3 Å². The zero-order chi connectivity index (χ0) is 30.2. The number of piperazine rings is 1. The summed E-state index contributed by atoms with van der Waals surface area (Å²) in [7, 11) is 3.37. The van der Waals surface area contributed by atoms with Gasteiger partial charge in [0, 0.05) is 33.2 Å². The molecule has 1 aliphatic heterocycles. The van der Waals surface area contributed by atoms with E-state index in [1.54, 1.807) is 36.1 Å². The smallest absolute Gasteiger partial charge is 0.367 e. The first kappa shape index (κ1) is 29.1. The zero-order valence-corrected chi connectivity index (χ0v) is 23.3. The van der Waals surface area contributed by atoms with Gasteiger partial charge in [-0.05, 0) is 62.5 Å². The SMILES string of the molecule is CC(c1nc2ccccc2c(=O)n1-c1ccc(F)cc1)N(C)C(=O)Nc1cccc(C(F)(F)F)c1N1CCN(C)CC1. The van der Waals surface area contributed by atoms with Gasteiger partial charge in [0.15, 0.2) is 0 Å². The fourth-order valence-corrected chi connectivity index (χ4v) is 5.07. The summed E-state index contributed by atoms with van der Waals surface area (Å²) in [6.07, 6.45) is -4.63. The Labute approximate surface area is 239 Å². The fourth-order valence-electron chi connectivity index (χ4n) is 5.07. The maximum atomic E-state index is 14.1. The van der Waals surface area contributed by atoms with Crippen LogP contribution in [0, 0.1) is 5.82 Å². The Morgan fingerprint density at radius 2 is 1.64 bits per heavy atom. The van der Waals surface area contributed by atoms with E-state index < -0.39 is 35.2 Å². The highest BCUT2D eigenvalue weighted by atomic mass is 19.4. The Kier molecular flexibility index (Phi) is 7.91. The molecule has 1 N–H and O–H groups in total. The first-order valence-corrected chi connectivity index (χ1v) is 13.4. The molecule has 3 aromatic carbocycles. The van der Waals surface area contributed by atoms with Crippen LogP contribution in [-0.4, -0.2) is 65.7 Å². The maximum Gasteiger partial charge on any atom is 0.418 e. The second-order valence-electron chi connectivity index (χ2n) is 10.3. The first-order chi connectivity index (χ1) is 20.0. The standard InChI is InChI=1S/C30H30F4N6O2/c1-19(27-35-24-9-5-4-7-22(24)28(41)40(27)21-13-11-20(31)12-14-21)38(3)29(42)36-25-10-6-8-23(30(32,33)34)26(25)39-17-15-37(2)16-18-39/h4-14,19H,15-18H2,1-3H3,(H,36,42). The molecule has 0 radical (unpaired) electrons. The normalized spacial score (nSPS) is 15.1.